The Balaban J connectivity index is 2.25. The van der Waals surface area contributed by atoms with Gasteiger partial charge in [0.1, 0.15) is 0 Å². The molecule has 0 radical (unpaired) electrons. The number of nitrogen functional groups attached to an aromatic ring is 1. The highest BCUT2D eigenvalue weighted by atomic mass is 16.2. The Labute approximate surface area is 88.0 Å². The molecule has 0 aromatic carbocycles. The molecule has 0 saturated carbocycles. The maximum Gasteiger partial charge on any atom is 0.288 e. The fraction of sp³-hybridized carbons (Fsp3) is 0.625. The van der Waals surface area contributed by atoms with Crippen LogP contribution in [0.1, 0.15) is 17.0 Å². The Morgan fingerprint density at radius 1 is 1.60 bits per heavy atom. The number of aromatic nitrogens is 3. The van der Waals surface area contributed by atoms with Gasteiger partial charge in [-0.3, -0.25) is 9.89 Å². The Morgan fingerprint density at radius 3 is 2.87 bits per heavy atom. The number of carbonyl (C=O) groups excluding carboxylic acids is 1. The highest BCUT2D eigenvalue weighted by Crippen LogP contribution is 1.92. The first kappa shape index (κ1) is 11.4. The van der Waals surface area contributed by atoms with Gasteiger partial charge in [0.15, 0.2) is 0 Å². The van der Waals surface area contributed by atoms with Crippen LogP contribution in [-0.2, 0) is 0 Å². The monoisotopic (exact) mass is 212 g/mol. The zero-order valence-corrected chi connectivity index (χ0v) is 8.95. The first-order chi connectivity index (χ1) is 7.09. The molecule has 1 amide bonds. The highest BCUT2D eigenvalue weighted by molar-refractivity contribution is 5.90. The molecule has 0 fully saturated rings. The van der Waals surface area contributed by atoms with Crippen molar-refractivity contribution in [3.8, 4) is 0 Å². The molecule has 15 heavy (non-hydrogen) atoms. The van der Waals surface area contributed by atoms with Gasteiger partial charge in [-0.05, 0) is 27.1 Å². The maximum atomic E-state index is 11.4. The molecule has 4 N–H and O–H groups in total. The summed E-state index contributed by atoms with van der Waals surface area (Å²) in [5, 5.41) is 8.73. The van der Waals surface area contributed by atoms with Gasteiger partial charge in [0, 0.05) is 6.54 Å². The van der Waals surface area contributed by atoms with Gasteiger partial charge in [-0.1, -0.05) is 0 Å². The quantitative estimate of drug-likeness (QED) is 0.547. The van der Waals surface area contributed by atoms with E-state index in [4.69, 9.17) is 5.73 Å². The normalized spacial score (nSPS) is 10.6. The van der Waals surface area contributed by atoms with E-state index in [0.29, 0.717) is 6.54 Å². The number of H-pyrrole nitrogens is 1. The molecule has 1 aromatic rings. The van der Waals surface area contributed by atoms with Crippen molar-refractivity contribution in [2.45, 2.75) is 6.42 Å². The van der Waals surface area contributed by atoms with Gasteiger partial charge in [0.25, 0.3) is 5.91 Å². The smallest absolute Gasteiger partial charge is 0.288 e. The maximum absolute atomic E-state index is 11.4. The number of nitrogens with one attached hydrogen (secondary N) is 2. The molecule has 84 valence electrons. The number of amides is 1. The van der Waals surface area contributed by atoms with Crippen molar-refractivity contribution < 1.29 is 4.79 Å². The van der Waals surface area contributed by atoms with Crippen LogP contribution in [0.15, 0.2) is 0 Å². The van der Waals surface area contributed by atoms with Crippen molar-refractivity contribution in [1.82, 2.24) is 25.4 Å². The Morgan fingerprint density at radius 2 is 2.33 bits per heavy atom. The van der Waals surface area contributed by atoms with Crippen molar-refractivity contribution in [3.63, 3.8) is 0 Å². The van der Waals surface area contributed by atoms with Crippen LogP contribution < -0.4 is 11.1 Å². The molecule has 7 heteroatoms. The summed E-state index contributed by atoms with van der Waals surface area (Å²) < 4.78 is 0. The van der Waals surface area contributed by atoms with E-state index in [2.05, 4.69) is 25.4 Å². The van der Waals surface area contributed by atoms with Crippen LogP contribution in [0.2, 0.25) is 0 Å². The minimum atomic E-state index is -0.280. The molecule has 0 unspecified atom stereocenters. The number of anilines is 1. The second-order valence-corrected chi connectivity index (χ2v) is 3.45. The summed E-state index contributed by atoms with van der Waals surface area (Å²) in [6.07, 6.45) is 0.891. The molecule has 0 spiro atoms. The van der Waals surface area contributed by atoms with Crippen LogP contribution in [0.5, 0.6) is 0 Å². The van der Waals surface area contributed by atoms with Crippen LogP contribution in [0.25, 0.3) is 0 Å². The van der Waals surface area contributed by atoms with Crippen molar-refractivity contribution in [3.05, 3.63) is 5.82 Å². The van der Waals surface area contributed by atoms with E-state index in [9.17, 15) is 4.79 Å². The number of hydrogen-bond acceptors (Lipinski definition) is 5. The number of nitrogens with zero attached hydrogens (tertiary/aromatic N) is 3. The first-order valence-corrected chi connectivity index (χ1v) is 4.70. The zero-order valence-electron chi connectivity index (χ0n) is 8.95. The summed E-state index contributed by atoms with van der Waals surface area (Å²) in [4.78, 5) is 17.2. The minimum Gasteiger partial charge on any atom is -0.366 e. The summed E-state index contributed by atoms with van der Waals surface area (Å²) in [5.41, 5.74) is 5.27. The van der Waals surface area contributed by atoms with Gasteiger partial charge in [-0.25, -0.2) is 0 Å². The van der Waals surface area contributed by atoms with E-state index in [1.807, 2.05) is 14.1 Å². The molecule has 0 saturated heterocycles. The van der Waals surface area contributed by atoms with Gasteiger partial charge in [-0.2, -0.15) is 4.98 Å². The fourth-order valence-electron chi connectivity index (χ4n) is 1.06. The summed E-state index contributed by atoms with van der Waals surface area (Å²) in [5.74, 6) is -0.0521. The molecule has 0 bridgehead atoms. The summed E-state index contributed by atoms with van der Waals surface area (Å²) in [6, 6.07) is 0. The molecule has 1 heterocycles. The Kier molecular flexibility index (Phi) is 4.04. The molecule has 0 aliphatic carbocycles. The summed E-state index contributed by atoms with van der Waals surface area (Å²) >= 11 is 0. The van der Waals surface area contributed by atoms with Gasteiger partial charge < -0.3 is 16.0 Å². The number of rotatable bonds is 5. The topological polar surface area (TPSA) is 99.9 Å². The van der Waals surface area contributed by atoms with Crippen LogP contribution in [0, 0.1) is 0 Å². The van der Waals surface area contributed by atoms with E-state index in [0.717, 1.165) is 13.0 Å². The van der Waals surface area contributed by atoms with Gasteiger partial charge in [-0.15, -0.1) is 5.10 Å². The predicted octanol–water partition coefficient (Wildman–Crippen LogP) is -0.932. The van der Waals surface area contributed by atoms with Crippen LogP contribution in [0.4, 0.5) is 5.95 Å². The molecule has 0 aliphatic heterocycles. The second kappa shape index (κ2) is 5.30. The first-order valence-electron chi connectivity index (χ1n) is 4.70. The molecule has 1 aromatic heterocycles. The van der Waals surface area contributed by atoms with Crippen LogP contribution in [0.3, 0.4) is 0 Å². The SMILES string of the molecule is CN(C)CCCNC(=O)c1nc(N)n[nH]1. The highest BCUT2D eigenvalue weighted by Gasteiger charge is 2.09. The van der Waals surface area contributed by atoms with Crippen LogP contribution in [-0.4, -0.2) is 53.2 Å². The lowest BCUT2D eigenvalue weighted by Gasteiger charge is -2.08. The molecule has 0 atom stereocenters. The van der Waals surface area contributed by atoms with Gasteiger partial charge in [0.05, 0.1) is 0 Å². The third-order valence-corrected chi connectivity index (χ3v) is 1.79. The van der Waals surface area contributed by atoms with Crippen molar-refractivity contribution >= 4 is 11.9 Å². The van der Waals surface area contributed by atoms with E-state index in [-0.39, 0.29) is 17.7 Å². The van der Waals surface area contributed by atoms with E-state index >= 15 is 0 Å². The van der Waals surface area contributed by atoms with E-state index in [1.54, 1.807) is 0 Å². The lowest BCUT2D eigenvalue weighted by atomic mass is 10.4. The molecular weight excluding hydrogens is 196 g/mol. The van der Waals surface area contributed by atoms with Crippen molar-refractivity contribution in [2.24, 2.45) is 0 Å². The van der Waals surface area contributed by atoms with E-state index < -0.39 is 0 Å². The van der Waals surface area contributed by atoms with Crippen molar-refractivity contribution in [1.29, 1.82) is 0 Å². The number of nitrogens with two attached hydrogens (primary N) is 1. The average Bonchev–Trinajstić information content (AvgIpc) is 2.59. The lowest BCUT2D eigenvalue weighted by Crippen LogP contribution is -2.27. The standard InChI is InChI=1S/C8H16N6O/c1-14(2)5-3-4-10-7(15)6-11-8(9)13-12-6/h3-5H2,1-2H3,(H,10,15)(H3,9,11,12,13). The summed E-state index contributed by atoms with van der Waals surface area (Å²) in [6.45, 7) is 1.54. The molecular formula is C8H16N6O. The number of carbonyl (C=O) groups is 1. The second-order valence-electron chi connectivity index (χ2n) is 3.45. The summed E-state index contributed by atoms with van der Waals surface area (Å²) in [7, 11) is 3.97. The van der Waals surface area contributed by atoms with Gasteiger partial charge in [0.2, 0.25) is 11.8 Å². The third-order valence-electron chi connectivity index (χ3n) is 1.79. The minimum absolute atomic E-state index is 0.0773. The Bertz CT molecular complexity index is 321. The molecule has 1 rings (SSSR count). The third kappa shape index (κ3) is 3.94. The molecule has 7 nitrogen and oxygen atoms in total. The lowest BCUT2D eigenvalue weighted by molar-refractivity contribution is 0.0942. The molecule has 0 aliphatic rings. The number of hydrogen-bond donors (Lipinski definition) is 3. The fourth-order valence-corrected chi connectivity index (χ4v) is 1.06. The predicted molar refractivity (Wildman–Crippen MR) is 56.3 cm³/mol. The Hall–Kier alpha value is -1.63. The average molecular weight is 212 g/mol. The van der Waals surface area contributed by atoms with Gasteiger partial charge >= 0.3 is 0 Å². The van der Waals surface area contributed by atoms with Crippen LogP contribution >= 0.6 is 0 Å². The number of aromatic amines is 1. The van der Waals surface area contributed by atoms with E-state index in [1.165, 1.54) is 0 Å². The zero-order chi connectivity index (χ0) is 11.3. The largest absolute Gasteiger partial charge is 0.366 e. The van der Waals surface area contributed by atoms with Crippen molar-refractivity contribution in [2.75, 3.05) is 32.9 Å².